The molecular weight excluding hydrogens is 383 g/mol. The first-order valence-electron chi connectivity index (χ1n) is 5.59. The van der Waals surface area contributed by atoms with Gasteiger partial charge in [-0.2, -0.15) is 0 Å². The summed E-state index contributed by atoms with van der Waals surface area (Å²) in [7, 11) is 0. The molecule has 2 aromatic rings. The first kappa shape index (κ1) is 15.8. The molecule has 6 nitrogen and oxygen atoms in total. The number of nitrogens with one attached hydrogen (secondary N) is 2. The molecule has 0 saturated carbocycles. The summed E-state index contributed by atoms with van der Waals surface area (Å²) >= 11 is 15.4. The van der Waals surface area contributed by atoms with Crippen molar-refractivity contribution in [1.82, 2.24) is 0 Å². The number of nitro groups is 1. The molecule has 0 amide bonds. The van der Waals surface area contributed by atoms with Gasteiger partial charge in [0.25, 0.3) is 5.69 Å². The van der Waals surface area contributed by atoms with Crippen molar-refractivity contribution < 1.29 is 4.92 Å². The maximum absolute atomic E-state index is 10.9. The molecule has 0 spiro atoms. The van der Waals surface area contributed by atoms with E-state index in [4.69, 9.17) is 29.0 Å². The summed E-state index contributed by atoms with van der Waals surface area (Å²) in [6.07, 6.45) is 0. The van der Waals surface area contributed by atoms with Crippen molar-refractivity contribution >= 4 is 61.9 Å². The van der Waals surface area contributed by atoms with Crippen molar-refractivity contribution in [2.24, 2.45) is 5.84 Å². The Bertz CT molecular complexity index is 712. The van der Waals surface area contributed by atoms with Crippen molar-refractivity contribution in [2.75, 3.05) is 10.7 Å². The van der Waals surface area contributed by atoms with Crippen LogP contribution < -0.4 is 16.6 Å². The molecule has 2 aromatic carbocycles. The van der Waals surface area contributed by atoms with Crippen molar-refractivity contribution in [1.29, 1.82) is 0 Å². The Labute approximate surface area is 138 Å². The van der Waals surface area contributed by atoms with Gasteiger partial charge in [0.1, 0.15) is 0 Å². The van der Waals surface area contributed by atoms with Gasteiger partial charge in [-0.15, -0.1) is 0 Å². The lowest BCUT2D eigenvalue weighted by Gasteiger charge is -2.11. The summed E-state index contributed by atoms with van der Waals surface area (Å²) in [6.45, 7) is 0. The maximum Gasteiger partial charge on any atom is 0.273 e. The number of hydrogen-bond donors (Lipinski definition) is 3. The number of halogens is 3. The van der Waals surface area contributed by atoms with Gasteiger partial charge in [-0.05, 0) is 34.1 Å². The van der Waals surface area contributed by atoms with Crippen LogP contribution in [0, 0.1) is 10.1 Å². The molecule has 0 bridgehead atoms. The normalized spacial score (nSPS) is 10.3. The number of anilines is 3. The summed E-state index contributed by atoms with van der Waals surface area (Å²) in [5.41, 5.74) is 3.64. The molecule has 0 heterocycles. The van der Waals surface area contributed by atoms with E-state index in [9.17, 15) is 10.1 Å². The summed E-state index contributed by atoms with van der Waals surface area (Å²) < 4.78 is 0.656. The minimum Gasteiger partial charge on any atom is -0.354 e. The predicted molar refractivity (Wildman–Crippen MR) is 88.4 cm³/mol. The van der Waals surface area contributed by atoms with E-state index in [1.165, 1.54) is 12.1 Å². The van der Waals surface area contributed by atoms with Crippen LogP contribution in [-0.2, 0) is 0 Å². The van der Waals surface area contributed by atoms with Gasteiger partial charge in [-0.3, -0.25) is 16.0 Å². The minimum atomic E-state index is -0.512. The standard InChI is InChI=1S/C12H9BrCl2N4O2/c13-9-1-2-10(12(15)11(9)14)17-6-3-7(18-16)5-8(4-6)19(20)21/h1-5,17-18H,16H2. The van der Waals surface area contributed by atoms with Crippen LogP contribution in [0.25, 0.3) is 0 Å². The topological polar surface area (TPSA) is 93.2 Å². The molecule has 0 aromatic heterocycles. The van der Waals surface area contributed by atoms with Crippen LogP contribution in [-0.4, -0.2) is 4.92 Å². The van der Waals surface area contributed by atoms with Crippen molar-refractivity contribution in [2.45, 2.75) is 0 Å². The van der Waals surface area contributed by atoms with Gasteiger partial charge < -0.3 is 10.7 Å². The van der Waals surface area contributed by atoms with Crippen molar-refractivity contribution in [3.05, 3.63) is 55.0 Å². The zero-order valence-corrected chi connectivity index (χ0v) is 13.5. The summed E-state index contributed by atoms with van der Waals surface area (Å²) in [4.78, 5) is 10.4. The van der Waals surface area contributed by atoms with E-state index in [0.717, 1.165) is 0 Å². The van der Waals surface area contributed by atoms with Crippen LogP contribution in [0.2, 0.25) is 10.0 Å². The van der Waals surface area contributed by atoms with E-state index in [0.29, 0.717) is 31.6 Å². The Hall–Kier alpha value is -1.54. The number of nitro benzene ring substituents is 1. The maximum atomic E-state index is 10.9. The fourth-order valence-electron chi connectivity index (χ4n) is 1.65. The molecule has 110 valence electrons. The number of rotatable bonds is 4. The van der Waals surface area contributed by atoms with Crippen molar-refractivity contribution in [3.63, 3.8) is 0 Å². The second-order valence-corrected chi connectivity index (χ2v) is 5.63. The van der Waals surface area contributed by atoms with E-state index >= 15 is 0 Å². The lowest BCUT2D eigenvalue weighted by atomic mass is 10.2. The van der Waals surface area contributed by atoms with Gasteiger partial charge in [0, 0.05) is 22.3 Å². The Balaban J connectivity index is 2.42. The zero-order valence-electron chi connectivity index (χ0n) is 10.4. The minimum absolute atomic E-state index is 0.104. The summed E-state index contributed by atoms with van der Waals surface area (Å²) in [5, 5.41) is 14.5. The molecule has 0 atom stereocenters. The average molecular weight is 392 g/mol. The average Bonchev–Trinajstić information content (AvgIpc) is 2.47. The second-order valence-electron chi connectivity index (χ2n) is 4.02. The van der Waals surface area contributed by atoms with Gasteiger partial charge in [-0.25, -0.2) is 0 Å². The number of nitrogen functional groups attached to an aromatic ring is 1. The Morgan fingerprint density at radius 1 is 1.14 bits per heavy atom. The van der Waals surface area contributed by atoms with E-state index in [2.05, 4.69) is 26.7 Å². The fourth-order valence-corrected chi connectivity index (χ4v) is 2.47. The molecule has 0 unspecified atom stereocenters. The third-order valence-electron chi connectivity index (χ3n) is 2.61. The highest BCUT2D eigenvalue weighted by molar-refractivity contribution is 9.10. The molecule has 21 heavy (non-hydrogen) atoms. The lowest BCUT2D eigenvalue weighted by Crippen LogP contribution is -2.07. The van der Waals surface area contributed by atoms with Gasteiger partial charge >= 0.3 is 0 Å². The van der Waals surface area contributed by atoms with Gasteiger partial charge in [0.15, 0.2) is 0 Å². The number of hydrogen-bond acceptors (Lipinski definition) is 5. The Kier molecular flexibility index (Phi) is 4.89. The van der Waals surface area contributed by atoms with Crippen LogP contribution in [0.3, 0.4) is 0 Å². The SMILES string of the molecule is NNc1cc(Nc2ccc(Br)c(Cl)c2Cl)cc([N+](=O)[O-])c1. The highest BCUT2D eigenvalue weighted by atomic mass is 79.9. The molecule has 4 N–H and O–H groups in total. The zero-order chi connectivity index (χ0) is 15.6. The fraction of sp³-hybridized carbons (Fsp3) is 0. The third-order valence-corrected chi connectivity index (χ3v) is 4.38. The smallest absolute Gasteiger partial charge is 0.273 e. The molecular formula is C12H9BrCl2N4O2. The monoisotopic (exact) mass is 390 g/mol. The van der Waals surface area contributed by atoms with Crippen LogP contribution in [0.5, 0.6) is 0 Å². The number of nitrogens with zero attached hydrogens (tertiary/aromatic N) is 1. The first-order valence-corrected chi connectivity index (χ1v) is 7.14. The molecule has 0 fully saturated rings. The number of nitrogens with two attached hydrogens (primary N) is 1. The van der Waals surface area contributed by atoms with Gasteiger partial charge in [-0.1, -0.05) is 23.2 Å². The Morgan fingerprint density at radius 2 is 1.81 bits per heavy atom. The van der Waals surface area contributed by atoms with Crippen molar-refractivity contribution in [3.8, 4) is 0 Å². The van der Waals surface area contributed by atoms with E-state index in [1.54, 1.807) is 18.2 Å². The molecule has 0 aliphatic carbocycles. The molecule has 2 rings (SSSR count). The molecule has 0 radical (unpaired) electrons. The number of non-ortho nitro benzene ring substituents is 1. The van der Waals surface area contributed by atoms with Crippen LogP contribution in [0.4, 0.5) is 22.7 Å². The molecule has 9 heteroatoms. The van der Waals surface area contributed by atoms with Crippen LogP contribution in [0.15, 0.2) is 34.8 Å². The number of hydrazine groups is 1. The highest BCUT2D eigenvalue weighted by Crippen LogP contribution is 2.37. The first-order chi connectivity index (χ1) is 9.92. The molecule has 0 aliphatic heterocycles. The van der Waals surface area contributed by atoms with E-state index < -0.39 is 4.92 Å². The van der Waals surface area contributed by atoms with Gasteiger partial charge in [0.2, 0.25) is 0 Å². The predicted octanol–water partition coefficient (Wildman–Crippen LogP) is 4.69. The Morgan fingerprint density at radius 3 is 2.43 bits per heavy atom. The lowest BCUT2D eigenvalue weighted by molar-refractivity contribution is -0.384. The van der Waals surface area contributed by atoms with Crippen LogP contribution >= 0.6 is 39.1 Å². The van der Waals surface area contributed by atoms with Crippen LogP contribution in [0.1, 0.15) is 0 Å². The number of benzene rings is 2. The van der Waals surface area contributed by atoms with E-state index in [-0.39, 0.29) is 5.69 Å². The molecule has 0 aliphatic rings. The summed E-state index contributed by atoms with van der Waals surface area (Å²) in [5.74, 6) is 5.30. The highest BCUT2D eigenvalue weighted by Gasteiger charge is 2.12. The van der Waals surface area contributed by atoms with E-state index in [1.807, 2.05) is 0 Å². The largest absolute Gasteiger partial charge is 0.354 e. The quantitative estimate of drug-likeness (QED) is 0.304. The third kappa shape index (κ3) is 3.56. The van der Waals surface area contributed by atoms with Gasteiger partial charge in [0.05, 0.1) is 26.3 Å². The summed E-state index contributed by atoms with van der Waals surface area (Å²) in [6, 6.07) is 7.72. The second kappa shape index (κ2) is 6.48. The molecule has 0 saturated heterocycles.